The predicted molar refractivity (Wildman–Crippen MR) is 115 cm³/mol. The molecule has 2 aliphatic heterocycles. The molecule has 2 fully saturated rings. The van der Waals surface area contributed by atoms with Crippen molar-refractivity contribution >= 4 is 23.2 Å². The van der Waals surface area contributed by atoms with E-state index in [1.54, 1.807) is 7.11 Å². The predicted octanol–water partition coefficient (Wildman–Crippen LogP) is 2.06. The molecule has 0 bridgehead atoms. The highest BCUT2D eigenvalue weighted by molar-refractivity contribution is 7.12. The van der Waals surface area contributed by atoms with Gasteiger partial charge in [0.2, 0.25) is 0 Å². The van der Waals surface area contributed by atoms with Crippen molar-refractivity contribution in [2.45, 2.75) is 6.10 Å². The standard InChI is InChI=1S/C22H27N3O4S/c1-28-18-6-4-17(5-7-18)21(26)24-10-8-23(9-11-24)15-19-16-25(12-13-29-19)22(27)20-3-2-14-30-20/h2-7,14,19H,8-13,15-16H2,1H3. The first-order valence-electron chi connectivity index (χ1n) is 10.2. The maximum Gasteiger partial charge on any atom is 0.264 e. The smallest absolute Gasteiger partial charge is 0.264 e. The van der Waals surface area contributed by atoms with Crippen molar-refractivity contribution in [2.75, 3.05) is 59.5 Å². The van der Waals surface area contributed by atoms with E-state index >= 15 is 0 Å². The Morgan fingerprint density at radius 3 is 2.47 bits per heavy atom. The van der Waals surface area contributed by atoms with E-state index in [-0.39, 0.29) is 17.9 Å². The Morgan fingerprint density at radius 2 is 1.80 bits per heavy atom. The van der Waals surface area contributed by atoms with Crippen molar-refractivity contribution < 1.29 is 19.1 Å². The van der Waals surface area contributed by atoms with Crippen molar-refractivity contribution in [3.63, 3.8) is 0 Å². The number of rotatable bonds is 5. The summed E-state index contributed by atoms with van der Waals surface area (Å²) in [6, 6.07) is 11.0. The lowest BCUT2D eigenvalue weighted by atomic mass is 10.1. The normalized spacial score (nSPS) is 20.2. The molecule has 0 spiro atoms. The molecule has 160 valence electrons. The van der Waals surface area contributed by atoms with Gasteiger partial charge in [-0.2, -0.15) is 0 Å². The summed E-state index contributed by atoms with van der Waals surface area (Å²) >= 11 is 1.48. The zero-order valence-corrected chi connectivity index (χ0v) is 18.0. The average molecular weight is 430 g/mol. The number of nitrogens with zero attached hydrogens (tertiary/aromatic N) is 3. The molecule has 0 saturated carbocycles. The molecule has 0 radical (unpaired) electrons. The lowest BCUT2D eigenvalue weighted by Gasteiger charge is -2.39. The molecular weight excluding hydrogens is 402 g/mol. The van der Waals surface area contributed by atoms with E-state index in [1.807, 2.05) is 51.6 Å². The number of amides is 2. The van der Waals surface area contributed by atoms with Crippen molar-refractivity contribution in [1.82, 2.24) is 14.7 Å². The van der Waals surface area contributed by atoms with E-state index in [0.29, 0.717) is 38.3 Å². The molecule has 2 aromatic rings. The lowest BCUT2D eigenvalue weighted by molar-refractivity contribution is -0.0398. The lowest BCUT2D eigenvalue weighted by Crippen LogP contribution is -2.54. The molecule has 1 aromatic carbocycles. The summed E-state index contributed by atoms with van der Waals surface area (Å²) in [6.45, 7) is 5.59. The van der Waals surface area contributed by atoms with Crippen LogP contribution in [0.4, 0.5) is 0 Å². The number of morpholine rings is 1. The highest BCUT2D eigenvalue weighted by atomic mass is 32.1. The minimum atomic E-state index is 0.00602. The third-order valence-electron chi connectivity index (χ3n) is 5.62. The SMILES string of the molecule is COc1ccc(C(=O)N2CCN(CC3CN(C(=O)c4cccs4)CCO3)CC2)cc1. The van der Waals surface area contributed by atoms with E-state index in [2.05, 4.69) is 4.90 Å². The van der Waals surface area contributed by atoms with Crippen LogP contribution in [-0.2, 0) is 4.74 Å². The molecule has 4 rings (SSSR count). The number of benzene rings is 1. The van der Waals surface area contributed by atoms with Crippen molar-refractivity contribution in [3.05, 3.63) is 52.2 Å². The van der Waals surface area contributed by atoms with E-state index in [4.69, 9.17) is 9.47 Å². The van der Waals surface area contributed by atoms with Crippen LogP contribution in [0.3, 0.4) is 0 Å². The maximum absolute atomic E-state index is 12.7. The highest BCUT2D eigenvalue weighted by Gasteiger charge is 2.29. The van der Waals surface area contributed by atoms with Crippen LogP contribution >= 0.6 is 11.3 Å². The van der Waals surface area contributed by atoms with E-state index in [1.165, 1.54) is 11.3 Å². The van der Waals surface area contributed by atoms with Crippen LogP contribution in [0.2, 0.25) is 0 Å². The summed E-state index contributed by atoms with van der Waals surface area (Å²) in [5.74, 6) is 0.891. The van der Waals surface area contributed by atoms with Gasteiger partial charge in [0.05, 0.1) is 24.7 Å². The topological polar surface area (TPSA) is 62.3 Å². The van der Waals surface area contributed by atoms with Crippen LogP contribution in [0.15, 0.2) is 41.8 Å². The van der Waals surface area contributed by atoms with Gasteiger partial charge in [-0.05, 0) is 35.7 Å². The quantitative estimate of drug-likeness (QED) is 0.728. The molecule has 1 aromatic heterocycles. The second kappa shape index (κ2) is 9.59. The third-order valence-corrected chi connectivity index (χ3v) is 6.47. The molecule has 7 nitrogen and oxygen atoms in total. The molecule has 0 aliphatic carbocycles. The molecule has 2 aliphatic rings. The van der Waals surface area contributed by atoms with Crippen molar-refractivity contribution in [3.8, 4) is 5.75 Å². The van der Waals surface area contributed by atoms with Gasteiger partial charge in [-0.1, -0.05) is 6.07 Å². The molecule has 2 amide bonds. The van der Waals surface area contributed by atoms with Gasteiger partial charge in [0, 0.05) is 51.4 Å². The zero-order valence-electron chi connectivity index (χ0n) is 17.2. The molecule has 3 heterocycles. The molecule has 2 saturated heterocycles. The van der Waals surface area contributed by atoms with E-state index in [9.17, 15) is 9.59 Å². The van der Waals surface area contributed by atoms with Gasteiger partial charge in [-0.15, -0.1) is 11.3 Å². The van der Waals surface area contributed by atoms with Crippen molar-refractivity contribution in [1.29, 1.82) is 0 Å². The Balaban J connectivity index is 1.26. The third kappa shape index (κ3) is 4.83. The Morgan fingerprint density at radius 1 is 1.03 bits per heavy atom. The Bertz CT molecular complexity index is 848. The Labute approximate surface area is 180 Å². The second-order valence-corrected chi connectivity index (χ2v) is 8.49. The van der Waals surface area contributed by atoms with Crippen LogP contribution < -0.4 is 4.74 Å². The maximum atomic E-state index is 12.7. The first kappa shape index (κ1) is 20.8. The van der Waals surface area contributed by atoms with E-state index in [0.717, 1.165) is 30.3 Å². The fourth-order valence-corrected chi connectivity index (χ4v) is 4.60. The number of piperazine rings is 1. The fraction of sp³-hybridized carbons (Fsp3) is 0.455. The summed E-state index contributed by atoms with van der Waals surface area (Å²) in [7, 11) is 1.61. The number of thiophene rings is 1. The van der Waals surface area contributed by atoms with Crippen LogP contribution in [0.1, 0.15) is 20.0 Å². The largest absolute Gasteiger partial charge is 0.497 e. The van der Waals surface area contributed by atoms with Gasteiger partial charge in [-0.25, -0.2) is 0 Å². The molecule has 30 heavy (non-hydrogen) atoms. The number of carbonyl (C=O) groups excluding carboxylic acids is 2. The summed E-state index contributed by atoms with van der Waals surface area (Å²) in [5, 5.41) is 1.93. The minimum absolute atomic E-state index is 0.00602. The van der Waals surface area contributed by atoms with Gasteiger partial charge in [0.25, 0.3) is 11.8 Å². The molecule has 1 atom stereocenters. The number of ether oxygens (including phenoxy) is 2. The number of hydrogen-bond donors (Lipinski definition) is 0. The summed E-state index contributed by atoms with van der Waals surface area (Å²) in [6.07, 6.45) is 0.00602. The number of methoxy groups -OCH3 is 1. The molecular formula is C22H27N3O4S. The fourth-order valence-electron chi connectivity index (χ4n) is 3.91. The molecule has 1 unspecified atom stereocenters. The zero-order chi connectivity index (χ0) is 20.9. The summed E-state index contributed by atoms with van der Waals surface area (Å²) in [4.78, 5) is 32.2. The first-order valence-corrected chi connectivity index (χ1v) is 11.1. The van der Waals surface area contributed by atoms with Crippen LogP contribution in [-0.4, -0.2) is 92.1 Å². The monoisotopic (exact) mass is 429 g/mol. The number of carbonyl (C=O) groups is 2. The Kier molecular flexibility index (Phi) is 6.66. The van der Waals surface area contributed by atoms with Crippen LogP contribution in [0.5, 0.6) is 5.75 Å². The van der Waals surface area contributed by atoms with Crippen LogP contribution in [0.25, 0.3) is 0 Å². The van der Waals surface area contributed by atoms with Crippen molar-refractivity contribution in [2.24, 2.45) is 0 Å². The van der Waals surface area contributed by atoms with Gasteiger partial charge in [0.15, 0.2) is 0 Å². The second-order valence-electron chi connectivity index (χ2n) is 7.54. The molecule has 0 N–H and O–H groups in total. The Hall–Kier alpha value is -2.42. The molecule has 8 heteroatoms. The van der Waals surface area contributed by atoms with Gasteiger partial charge in [0.1, 0.15) is 5.75 Å². The van der Waals surface area contributed by atoms with Gasteiger partial charge in [-0.3, -0.25) is 14.5 Å². The summed E-state index contributed by atoms with van der Waals surface area (Å²) < 4.78 is 11.1. The van der Waals surface area contributed by atoms with Gasteiger partial charge < -0.3 is 19.3 Å². The minimum Gasteiger partial charge on any atom is -0.497 e. The summed E-state index contributed by atoms with van der Waals surface area (Å²) in [5.41, 5.74) is 0.683. The number of hydrogen-bond acceptors (Lipinski definition) is 6. The highest BCUT2D eigenvalue weighted by Crippen LogP contribution is 2.17. The van der Waals surface area contributed by atoms with E-state index < -0.39 is 0 Å². The first-order chi connectivity index (χ1) is 14.6. The average Bonchev–Trinajstić information content (AvgIpc) is 3.34. The van der Waals surface area contributed by atoms with Crippen LogP contribution in [0, 0.1) is 0 Å². The van der Waals surface area contributed by atoms with Gasteiger partial charge >= 0.3 is 0 Å².